The van der Waals surface area contributed by atoms with Crippen molar-refractivity contribution in [1.29, 1.82) is 0 Å². The highest BCUT2D eigenvalue weighted by Crippen LogP contribution is 2.08. The molecule has 0 aliphatic rings. The number of amides is 1. The van der Waals surface area contributed by atoms with Gasteiger partial charge in [0.2, 0.25) is 0 Å². The van der Waals surface area contributed by atoms with E-state index < -0.39 is 28.3 Å². The Morgan fingerprint density at radius 3 is 2.22 bits per heavy atom. The molecule has 1 rings (SSSR count). The van der Waals surface area contributed by atoms with E-state index in [0.29, 0.717) is 5.56 Å². The molecule has 7 heteroatoms. The maximum absolute atomic E-state index is 11.4. The van der Waals surface area contributed by atoms with E-state index in [2.05, 4.69) is 4.74 Å². The number of benzene rings is 1. The van der Waals surface area contributed by atoms with Gasteiger partial charge in [0.25, 0.3) is 5.91 Å². The molecule has 6 nitrogen and oxygen atoms in total. The van der Waals surface area contributed by atoms with Crippen molar-refractivity contribution in [3.8, 4) is 0 Å². The number of nitrogens with two attached hydrogens (primary N) is 1. The fourth-order valence-corrected chi connectivity index (χ4v) is 2.06. The first-order chi connectivity index (χ1) is 8.28. The van der Waals surface area contributed by atoms with Crippen LogP contribution in [0.25, 0.3) is 0 Å². The molecule has 0 unspecified atom stereocenters. The summed E-state index contributed by atoms with van der Waals surface area (Å²) in [7, 11) is -3.11. The number of hydrogen-bond donors (Lipinski definition) is 1. The maximum atomic E-state index is 11.4. The van der Waals surface area contributed by atoms with Gasteiger partial charge < -0.3 is 10.5 Å². The summed E-state index contributed by atoms with van der Waals surface area (Å²) in [6.07, 6.45) is 1.13. The topological polar surface area (TPSA) is 104 Å². The SMILES string of the molecule is CS(=O)(=O)Cc1ccc(C(=O)OCC(N)=O)cc1. The Morgan fingerprint density at radius 1 is 1.22 bits per heavy atom. The van der Waals surface area contributed by atoms with Crippen LogP contribution in [-0.2, 0) is 25.1 Å². The molecule has 0 aliphatic carbocycles. The van der Waals surface area contributed by atoms with E-state index in [-0.39, 0.29) is 11.3 Å². The van der Waals surface area contributed by atoms with Gasteiger partial charge in [-0.3, -0.25) is 4.79 Å². The zero-order valence-corrected chi connectivity index (χ0v) is 10.6. The number of carbonyl (C=O) groups is 2. The molecule has 0 aliphatic heterocycles. The number of ether oxygens (including phenoxy) is 1. The summed E-state index contributed by atoms with van der Waals surface area (Å²) in [6.45, 7) is -0.482. The third-order valence-corrected chi connectivity index (χ3v) is 2.82. The van der Waals surface area contributed by atoms with Gasteiger partial charge in [0, 0.05) is 6.26 Å². The van der Waals surface area contributed by atoms with Crippen molar-refractivity contribution in [3.63, 3.8) is 0 Å². The van der Waals surface area contributed by atoms with Gasteiger partial charge in [0.15, 0.2) is 16.4 Å². The summed E-state index contributed by atoms with van der Waals surface area (Å²) in [5.74, 6) is -1.51. The second-order valence-electron chi connectivity index (χ2n) is 3.81. The van der Waals surface area contributed by atoms with E-state index in [4.69, 9.17) is 5.73 Å². The Morgan fingerprint density at radius 2 is 1.78 bits per heavy atom. The highest BCUT2D eigenvalue weighted by molar-refractivity contribution is 7.89. The fraction of sp³-hybridized carbons (Fsp3) is 0.273. The van der Waals surface area contributed by atoms with Gasteiger partial charge in [-0.15, -0.1) is 0 Å². The highest BCUT2D eigenvalue weighted by Gasteiger charge is 2.09. The largest absolute Gasteiger partial charge is 0.452 e. The second-order valence-corrected chi connectivity index (χ2v) is 5.95. The molecule has 0 saturated heterocycles. The molecule has 0 atom stereocenters. The predicted molar refractivity (Wildman–Crippen MR) is 64.5 cm³/mol. The van der Waals surface area contributed by atoms with Crippen LogP contribution in [0.1, 0.15) is 15.9 Å². The molecule has 18 heavy (non-hydrogen) atoms. The lowest BCUT2D eigenvalue weighted by molar-refractivity contribution is -0.121. The molecule has 98 valence electrons. The first kappa shape index (κ1) is 14.2. The van der Waals surface area contributed by atoms with E-state index in [1.54, 1.807) is 0 Å². The average molecular weight is 271 g/mol. The van der Waals surface area contributed by atoms with E-state index >= 15 is 0 Å². The van der Waals surface area contributed by atoms with Crippen molar-refractivity contribution in [2.24, 2.45) is 5.73 Å². The zero-order chi connectivity index (χ0) is 13.8. The standard InChI is InChI=1S/C11H13NO5S/c1-18(15,16)7-8-2-4-9(5-3-8)11(14)17-6-10(12)13/h2-5H,6-7H2,1H3,(H2,12,13). The fourth-order valence-electron chi connectivity index (χ4n) is 1.26. The molecular weight excluding hydrogens is 258 g/mol. The number of carbonyl (C=O) groups excluding carboxylic acids is 2. The third kappa shape index (κ3) is 4.96. The molecule has 0 spiro atoms. The molecule has 1 amide bonds. The molecule has 0 bridgehead atoms. The lowest BCUT2D eigenvalue weighted by atomic mass is 10.1. The van der Waals surface area contributed by atoms with Crippen LogP contribution in [-0.4, -0.2) is 33.2 Å². The van der Waals surface area contributed by atoms with Crippen LogP contribution in [0.3, 0.4) is 0 Å². The minimum absolute atomic E-state index is 0.0936. The molecule has 0 saturated carbocycles. The minimum Gasteiger partial charge on any atom is -0.452 e. The molecular formula is C11H13NO5S. The average Bonchev–Trinajstić information content (AvgIpc) is 2.24. The van der Waals surface area contributed by atoms with Gasteiger partial charge in [-0.05, 0) is 17.7 Å². The first-order valence-corrected chi connectivity index (χ1v) is 7.06. The van der Waals surface area contributed by atoms with Crippen LogP contribution in [0, 0.1) is 0 Å². The molecule has 0 heterocycles. The smallest absolute Gasteiger partial charge is 0.338 e. The van der Waals surface area contributed by atoms with Crippen LogP contribution in [0.2, 0.25) is 0 Å². The van der Waals surface area contributed by atoms with Crippen molar-refractivity contribution in [2.45, 2.75) is 5.75 Å². The normalized spacial score (nSPS) is 10.9. The van der Waals surface area contributed by atoms with Crippen LogP contribution < -0.4 is 5.73 Å². The summed E-state index contributed by atoms with van der Waals surface area (Å²) in [5.41, 5.74) is 5.63. The number of hydrogen-bond acceptors (Lipinski definition) is 5. The molecule has 0 radical (unpaired) electrons. The van der Waals surface area contributed by atoms with Gasteiger partial charge in [0.05, 0.1) is 11.3 Å². The summed E-state index contributed by atoms with van der Waals surface area (Å²) in [5, 5.41) is 0. The summed E-state index contributed by atoms with van der Waals surface area (Å²) < 4.78 is 26.7. The Hall–Kier alpha value is -1.89. The van der Waals surface area contributed by atoms with Crippen LogP contribution >= 0.6 is 0 Å². The Kier molecular flexibility index (Phi) is 4.43. The van der Waals surface area contributed by atoms with Gasteiger partial charge in [-0.2, -0.15) is 0 Å². The van der Waals surface area contributed by atoms with Crippen molar-refractivity contribution in [2.75, 3.05) is 12.9 Å². The monoisotopic (exact) mass is 271 g/mol. The lowest BCUT2D eigenvalue weighted by Crippen LogP contribution is -2.20. The number of rotatable bonds is 5. The summed E-state index contributed by atoms with van der Waals surface area (Å²) >= 11 is 0. The summed E-state index contributed by atoms with van der Waals surface area (Å²) in [4.78, 5) is 21.8. The molecule has 1 aromatic rings. The predicted octanol–water partition coefficient (Wildman–Crippen LogP) is -0.127. The first-order valence-electron chi connectivity index (χ1n) is 5.00. The van der Waals surface area contributed by atoms with Crippen LogP contribution in [0.15, 0.2) is 24.3 Å². The quantitative estimate of drug-likeness (QED) is 0.751. The van der Waals surface area contributed by atoms with E-state index in [1.165, 1.54) is 24.3 Å². The van der Waals surface area contributed by atoms with E-state index in [0.717, 1.165) is 6.26 Å². The van der Waals surface area contributed by atoms with Crippen molar-refractivity contribution < 1.29 is 22.7 Å². The van der Waals surface area contributed by atoms with Crippen LogP contribution in [0.5, 0.6) is 0 Å². The minimum atomic E-state index is -3.11. The molecule has 0 aromatic heterocycles. The van der Waals surface area contributed by atoms with Crippen molar-refractivity contribution in [3.05, 3.63) is 35.4 Å². The van der Waals surface area contributed by atoms with Crippen LogP contribution in [0.4, 0.5) is 0 Å². The maximum Gasteiger partial charge on any atom is 0.338 e. The van der Waals surface area contributed by atoms with E-state index in [1.807, 2.05) is 0 Å². The van der Waals surface area contributed by atoms with Crippen molar-refractivity contribution >= 4 is 21.7 Å². The van der Waals surface area contributed by atoms with E-state index in [9.17, 15) is 18.0 Å². The zero-order valence-electron chi connectivity index (χ0n) is 9.75. The third-order valence-electron chi connectivity index (χ3n) is 1.96. The number of primary amides is 1. The number of esters is 1. The Labute approximate surface area is 105 Å². The Balaban J connectivity index is 2.71. The highest BCUT2D eigenvalue weighted by atomic mass is 32.2. The molecule has 0 fully saturated rings. The number of sulfone groups is 1. The van der Waals surface area contributed by atoms with Gasteiger partial charge in [0.1, 0.15) is 0 Å². The van der Waals surface area contributed by atoms with Crippen molar-refractivity contribution in [1.82, 2.24) is 0 Å². The molecule has 2 N–H and O–H groups in total. The lowest BCUT2D eigenvalue weighted by Gasteiger charge is -2.03. The summed E-state index contributed by atoms with van der Waals surface area (Å²) in [6, 6.07) is 5.90. The Bertz CT molecular complexity index is 547. The van der Waals surface area contributed by atoms with Gasteiger partial charge >= 0.3 is 5.97 Å². The second kappa shape index (κ2) is 5.63. The molecule has 1 aromatic carbocycles. The van der Waals surface area contributed by atoms with Gasteiger partial charge in [-0.25, -0.2) is 13.2 Å². The van der Waals surface area contributed by atoms with Gasteiger partial charge in [-0.1, -0.05) is 12.1 Å².